The van der Waals surface area contributed by atoms with E-state index in [0.29, 0.717) is 0 Å². The summed E-state index contributed by atoms with van der Waals surface area (Å²) in [6, 6.07) is 0. The lowest BCUT2D eigenvalue weighted by Crippen LogP contribution is -2.24. The Balaban J connectivity index is 4.18. The van der Waals surface area contributed by atoms with Gasteiger partial charge in [0.2, 0.25) is 0 Å². The van der Waals surface area contributed by atoms with Crippen LogP contribution in [0.15, 0.2) is 0 Å². The van der Waals surface area contributed by atoms with Gasteiger partial charge in [0.15, 0.2) is 0 Å². The molecule has 0 aromatic heterocycles. The highest BCUT2D eigenvalue weighted by molar-refractivity contribution is 5.60. The molecule has 2 atom stereocenters. The SMILES string of the molecule is CCCCCC(CCC)OC(=O)OC(CCC)CCCCC. The Labute approximate surface area is 138 Å². The van der Waals surface area contributed by atoms with Crippen molar-refractivity contribution < 1.29 is 14.3 Å². The summed E-state index contributed by atoms with van der Waals surface area (Å²) >= 11 is 0. The Hall–Kier alpha value is -0.730. The quantitative estimate of drug-likeness (QED) is 0.266. The van der Waals surface area contributed by atoms with E-state index in [4.69, 9.17) is 9.47 Å². The average Bonchev–Trinajstić information content (AvgIpc) is 2.48. The van der Waals surface area contributed by atoms with Crippen molar-refractivity contribution in [2.45, 2.75) is 117 Å². The first-order chi connectivity index (χ1) is 10.7. The van der Waals surface area contributed by atoms with Gasteiger partial charge in [-0.1, -0.05) is 66.2 Å². The third-order valence-corrected chi connectivity index (χ3v) is 4.01. The van der Waals surface area contributed by atoms with E-state index in [0.717, 1.165) is 51.4 Å². The highest BCUT2D eigenvalue weighted by Crippen LogP contribution is 2.16. The fourth-order valence-corrected chi connectivity index (χ4v) is 2.71. The van der Waals surface area contributed by atoms with Gasteiger partial charge < -0.3 is 9.47 Å². The summed E-state index contributed by atoms with van der Waals surface area (Å²) in [7, 11) is 0. The van der Waals surface area contributed by atoms with Crippen LogP contribution in [0.4, 0.5) is 4.79 Å². The van der Waals surface area contributed by atoms with Crippen molar-refractivity contribution in [3.05, 3.63) is 0 Å². The molecule has 0 aliphatic rings. The van der Waals surface area contributed by atoms with Gasteiger partial charge in [0.25, 0.3) is 0 Å². The van der Waals surface area contributed by atoms with E-state index in [9.17, 15) is 4.79 Å². The third kappa shape index (κ3) is 11.9. The number of rotatable bonds is 14. The van der Waals surface area contributed by atoms with Crippen molar-refractivity contribution in [1.29, 1.82) is 0 Å². The van der Waals surface area contributed by atoms with Crippen molar-refractivity contribution >= 4 is 6.16 Å². The first-order valence-electron chi connectivity index (χ1n) is 9.55. The zero-order valence-corrected chi connectivity index (χ0v) is 15.4. The standard InChI is InChI=1S/C19H38O3/c1-5-9-11-15-17(13-7-3)21-19(20)22-18(14-8-4)16-12-10-6-2/h17-18H,5-16H2,1-4H3. The van der Waals surface area contributed by atoms with Crippen molar-refractivity contribution in [1.82, 2.24) is 0 Å². The van der Waals surface area contributed by atoms with Crippen LogP contribution in [0.2, 0.25) is 0 Å². The lowest BCUT2D eigenvalue weighted by Gasteiger charge is -2.21. The van der Waals surface area contributed by atoms with Crippen LogP contribution in [0.1, 0.15) is 105 Å². The fourth-order valence-electron chi connectivity index (χ4n) is 2.71. The Kier molecular flexibility index (Phi) is 14.7. The average molecular weight is 315 g/mol. The van der Waals surface area contributed by atoms with Crippen LogP contribution >= 0.6 is 0 Å². The monoisotopic (exact) mass is 314 g/mol. The van der Waals surface area contributed by atoms with Crippen LogP contribution in [0.25, 0.3) is 0 Å². The lowest BCUT2D eigenvalue weighted by molar-refractivity contribution is -0.0112. The summed E-state index contributed by atoms with van der Waals surface area (Å²) in [6.45, 7) is 8.64. The number of hydrogen-bond donors (Lipinski definition) is 0. The molecule has 0 saturated carbocycles. The Bertz CT molecular complexity index is 229. The maximum Gasteiger partial charge on any atom is 0.508 e. The summed E-state index contributed by atoms with van der Waals surface area (Å²) in [5, 5.41) is 0. The molecule has 0 N–H and O–H groups in total. The van der Waals surface area contributed by atoms with Crippen LogP contribution in [-0.4, -0.2) is 18.4 Å². The van der Waals surface area contributed by atoms with Gasteiger partial charge in [0.1, 0.15) is 12.2 Å². The molecular weight excluding hydrogens is 276 g/mol. The molecule has 0 saturated heterocycles. The topological polar surface area (TPSA) is 35.5 Å². The molecule has 22 heavy (non-hydrogen) atoms. The second kappa shape index (κ2) is 15.2. The van der Waals surface area contributed by atoms with E-state index >= 15 is 0 Å². The molecule has 0 bridgehead atoms. The van der Waals surface area contributed by atoms with Crippen LogP contribution in [-0.2, 0) is 9.47 Å². The second-order valence-corrected chi connectivity index (χ2v) is 6.30. The number of ether oxygens (including phenoxy) is 2. The number of carbonyl (C=O) groups is 1. The molecule has 0 aromatic rings. The van der Waals surface area contributed by atoms with Crippen LogP contribution in [0.5, 0.6) is 0 Å². The molecule has 0 rings (SSSR count). The maximum absolute atomic E-state index is 12.0. The zero-order chi connectivity index (χ0) is 16.6. The van der Waals surface area contributed by atoms with Gasteiger partial charge in [0, 0.05) is 0 Å². The third-order valence-electron chi connectivity index (χ3n) is 4.01. The van der Waals surface area contributed by atoms with Gasteiger partial charge >= 0.3 is 6.16 Å². The molecular formula is C19H38O3. The highest BCUT2D eigenvalue weighted by Gasteiger charge is 2.18. The van der Waals surface area contributed by atoms with Crippen molar-refractivity contribution in [3.8, 4) is 0 Å². The summed E-state index contributed by atoms with van der Waals surface area (Å²) in [5.74, 6) is 0. The second-order valence-electron chi connectivity index (χ2n) is 6.30. The number of unbranched alkanes of at least 4 members (excludes halogenated alkanes) is 4. The minimum Gasteiger partial charge on any atom is -0.431 e. The summed E-state index contributed by atoms with van der Waals surface area (Å²) in [5.41, 5.74) is 0. The molecule has 3 nitrogen and oxygen atoms in total. The van der Waals surface area contributed by atoms with Crippen LogP contribution in [0, 0.1) is 0 Å². The Morgan fingerprint density at radius 1 is 0.636 bits per heavy atom. The molecule has 0 amide bonds. The van der Waals surface area contributed by atoms with E-state index in [1.807, 2.05) is 0 Å². The first-order valence-corrected chi connectivity index (χ1v) is 9.55. The fraction of sp³-hybridized carbons (Fsp3) is 0.947. The molecule has 0 aliphatic heterocycles. The van der Waals surface area contributed by atoms with Gasteiger partial charge in [-0.2, -0.15) is 0 Å². The molecule has 0 fully saturated rings. The summed E-state index contributed by atoms with van der Waals surface area (Å²) in [4.78, 5) is 12.0. The lowest BCUT2D eigenvalue weighted by atomic mass is 10.1. The van der Waals surface area contributed by atoms with Gasteiger partial charge in [-0.25, -0.2) is 4.79 Å². The number of hydrogen-bond acceptors (Lipinski definition) is 3. The predicted octanol–water partition coefficient (Wildman–Crippen LogP) is 6.64. The van der Waals surface area contributed by atoms with Crippen LogP contribution in [0.3, 0.4) is 0 Å². The molecule has 0 heterocycles. The molecule has 0 radical (unpaired) electrons. The van der Waals surface area contributed by atoms with Gasteiger partial charge in [-0.3, -0.25) is 0 Å². The maximum atomic E-state index is 12.0. The summed E-state index contributed by atoms with van der Waals surface area (Å²) in [6.07, 6.45) is 12.5. The molecule has 0 aliphatic carbocycles. The molecule has 0 spiro atoms. The van der Waals surface area contributed by atoms with E-state index in [2.05, 4.69) is 27.7 Å². The molecule has 3 heteroatoms. The predicted molar refractivity (Wildman–Crippen MR) is 93.2 cm³/mol. The van der Waals surface area contributed by atoms with E-state index < -0.39 is 6.16 Å². The smallest absolute Gasteiger partial charge is 0.431 e. The zero-order valence-electron chi connectivity index (χ0n) is 15.4. The van der Waals surface area contributed by atoms with Crippen molar-refractivity contribution in [2.75, 3.05) is 0 Å². The Morgan fingerprint density at radius 3 is 1.36 bits per heavy atom. The van der Waals surface area contributed by atoms with E-state index in [1.54, 1.807) is 0 Å². The normalized spacial score (nSPS) is 13.6. The number of carbonyl (C=O) groups excluding carboxylic acids is 1. The van der Waals surface area contributed by atoms with E-state index in [-0.39, 0.29) is 12.2 Å². The minimum absolute atomic E-state index is 0.0296. The van der Waals surface area contributed by atoms with Gasteiger partial charge in [-0.15, -0.1) is 0 Å². The van der Waals surface area contributed by atoms with Crippen LogP contribution < -0.4 is 0 Å². The van der Waals surface area contributed by atoms with Crippen molar-refractivity contribution in [2.24, 2.45) is 0 Å². The summed E-state index contributed by atoms with van der Waals surface area (Å²) < 4.78 is 11.1. The highest BCUT2D eigenvalue weighted by atomic mass is 16.7. The van der Waals surface area contributed by atoms with Gasteiger partial charge in [0.05, 0.1) is 0 Å². The molecule has 0 aromatic carbocycles. The van der Waals surface area contributed by atoms with Gasteiger partial charge in [-0.05, 0) is 38.5 Å². The van der Waals surface area contributed by atoms with Crippen molar-refractivity contribution in [3.63, 3.8) is 0 Å². The molecule has 2 unspecified atom stereocenters. The largest absolute Gasteiger partial charge is 0.508 e. The molecule has 132 valence electrons. The Morgan fingerprint density at radius 2 is 1.05 bits per heavy atom. The minimum atomic E-state index is -0.454. The first kappa shape index (κ1) is 21.3. The van der Waals surface area contributed by atoms with E-state index in [1.165, 1.54) is 25.7 Å².